The van der Waals surface area contributed by atoms with Crippen molar-refractivity contribution in [3.63, 3.8) is 0 Å². The maximum Gasteiger partial charge on any atom is 0.0858 e. The van der Waals surface area contributed by atoms with E-state index in [2.05, 4.69) is 41.5 Å². The number of anilines is 1. The maximum absolute atomic E-state index is 4.12. The molecule has 0 radical (unpaired) electrons. The van der Waals surface area contributed by atoms with Crippen LogP contribution in [-0.2, 0) is 0 Å². The minimum Gasteiger partial charge on any atom is -0.382 e. The van der Waals surface area contributed by atoms with Crippen LogP contribution in [0.1, 0.15) is 39.5 Å². The molecule has 102 valence electrons. The van der Waals surface area contributed by atoms with Gasteiger partial charge in [0.25, 0.3) is 0 Å². The average molecular weight is 258 g/mol. The van der Waals surface area contributed by atoms with Crippen LogP contribution in [0.4, 0.5) is 5.69 Å². The summed E-state index contributed by atoms with van der Waals surface area (Å²) in [6.07, 6.45) is 8.24. The van der Waals surface area contributed by atoms with Gasteiger partial charge in [0, 0.05) is 11.7 Å². The summed E-state index contributed by atoms with van der Waals surface area (Å²) in [5.41, 5.74) is 2.15. The predicted octanol–water partition coefficient (Wildman–Crippen LogP) is 3.65. The Hall–Kier alpha value is -1.84. The van der Waals surface area contributed by atoms with E-state index < -0.39 is 0 Å². The van der Waals surface area contributed by atoms with Crippen molar-refractivity contribution in [1.29, 1.82) is 0 Å². The zero-order chi connectivity index (χ0) is 13.5. The number of nitrogens with zero attached hydrogens (tertiary/aromatic N) is 3. The van der Waals surface area contributed by atoms with Gasteiger partial charge in [-0.15, -0.1) is 0 Å². The van der Waals surface area contributed by atoms with Gasteiger partial charge in [-0.2, -0.15) is 15.0 Å². The zero-order valence-corrected chi connectivity index (χ0v) is 11.7. The molecule has 2 aromatic rings. The first-order valence-electron chi connectivity index (χ1n) is 7.06. The standard InChI is InChI=1S/C15H22N4/c1-3-5-13(6-4-2)18-14-7-9-15(10-8-14)19-16-11-12-17-19/h7-13,18H,3-6H2,1-2H3. The van der Waals surface area contributed by atoms with Gasteiger partial charge >= 0.3 is 0 Å². The van der Waals surface area contributed by atoms with Crippen molar-refractivity contribution in [3.05, 3.63) is 36.7 Å². The monoisotopic (exact) mass is 258 g/mol. The average Bonchev–Trinajstić information content (AvgIpc) is 2.94. The first kappa shape index (κ1) is 13.6. The first-order chi connectivity index (χ1) is 9.33. The van der Waals surface area contributed by atoms with Crippen LogP contribution in [0.3, 0.4) is 0 Å². The van der Waals surface area contributed by atoms with E-state index in [4.69, 9.17) is 0 Å². The molecule has 0 unspecified atom stereocenters. The van der Waals surface area contributed by atoms with Crippen LogP contribution in [0.2, 0.25) is 0 Å². The summed E-state index contributed by atoms with van der Waals surface area (Å²) in [5.74, 6) is 0. The summed E-state index contributed by atoms with van der Waals surface area (Å²) < 4.78 is 0. The molecule has 0 aliphatic heterocycles. The minimum absolute atomic E-state index is 0.573. The quantitative estimate of drug-likeness (QED) is 0.824. The van der Waals surface area contributed by atoms with Crippen LogP contribution in [0.5, 0.6) is 0 Å². The largest absolute Gasteiger partial charge is 0.382 e. The Morgan fingerprint density at radius 2 is 1.58 bits per heavy atom. The molecule has 0 atom stereocenters. The van der Waals surface area contributed by atoms with E-state index in [1.807, 2.05) is 12.1 Å². The molecule has 1 aromatic carbocycles. The Labute approximate surface area is 114 Å². The van der Waals surface area contributed by atoms with Crippen LogP contribution >= 0.6 is 0 Å². The molecule has 0 saturated carbocycles. The van der Waals surface area contributed by atoms with E-state index in [0.29, 0.717) is 6.04 Å². The highest BCUT2D eigenvalue weighted by molar-refractivity contribution is 5.48. The van der Waals surface area contributed by atoms with Gasteiger partial charge in [0.05, 0.1) is 18.1 Å². The molecule has 0 amide bonds. The lowest BCUT2D eigenvalue weighted by Crippen LogP contribution is -2.18. The minimum atomic E-state index is 0.573. The van der Waals surface area contributed by atoms with E-state index >= 15 is 0 Å². The van der Waals surface area contributed by atoms with E-state index in [1.54, 1.807) is 17.2 Å². The van der Waals surface area contributed by atoms with E-state index in [-0.39, 0.29) is 0 Å². The maximum atomic E-state index is 4.12. The Kier molecular flexibility index (Phi) is 4.95. The molecule has 19 heavy (non-hydrogen) atoms. The highest BCUT2D eigenvalue weighted by atomic mass is 15.5. The summed E-state index contributed by atoms with van der Waals surface area (Å²) in [4.78, 5) is 1.62. The van der Waals surface area contributed by atoms with Crippen LogP contribution in [0.15, 0.2) is 36.7 Å². The van der Waals surface area contributed by atoms with Crippen molar-refractivity contribution in [2.75, 3.05) is 5.32 Å². The van der Waals surface area contributed by atoms with Gasteiger partial charge in [0.2, 0.25) is 0 Å². The van der Waals surface area contributed by atoms with Gasteiger partial charge in [-0.1, -0.05) is 26.7 Å². The second kappa shape index (κ2) is 6.92. The van der Waals surface area contributed by atoms with Gasteiger partial charge in [0.15, 0.2) is 0 Å². The molecule has 4 nitrogen and oxygen atoms in total. The number of hydrogen-bond donors (Lipinski definition) is 1. The van der Waals surface area contributed by atoms with Gasteiger partial charge in [-0.25, -0.2) is 0 Å². The Morgan fingerprint density at radius 3 is 2.11 bits per heavy atom. The van der Waals surface area contributed by atoms with Crippen LogP contribution in [0, 0.1) is 0 Å². The van der Waals surface area contributed by atoms with Gasteiger partial charge < -0.3 is 5.32 Å². The molecule has 0 fully saturated rings. The smallest absolute Gasteiger partial charge is 0.0858 e. The fourth-order valence-electron chi connectivity index (χ4n) is 2.26. The fraction of sp³-hybridized carbons (Fsp3) is 0.467. The molecule has 0 spiro atoms. The molecular weight excluding hydrogens is 236 g/mol. The number of aromatic nitrogens is 3. The highest BCUT2D eigenvalue weighted by Gasteiger charge is 2.06. The zero-order valence-electron chi connectivity index (χ0n) is 11.7. The van der Waals surface area contributed by atoms with Crippen molar-refractivity contribution in [1.82, 2.24) is 15.0 Å². The van der Waals surface area contributed by atoms with Crippen molar-refractivity contribution in [2.24, 2.45) is 0 Å². The van der Waals surface area contributed by atoms with Gasteiger partial charge in [-0.05, 0) is 37.1 Å². The molecule has 1 aromatic heterocycles. The third-order valence-corrected chi connectivity index (χ3v) is 3.16. The number of rotatable bonds is 7. The van der Waals surface area contributed by atoms with Crippen molar-refractivity contribution in [3.8, 4) is 5.69 Å². The molecular formula is C15H22N4. The molecule has 1 N–H and O–H groups in total. The third kappa shape index (κ3) is 3.81. The third-order valence-electron chi connectivity index (χ3n) is 3.16. The molecule has 0 aliphatic rings. The SMILES string of the molecule is CCCC(CCC)Nc1ccc(-n2nccn2)cc1. The fourth-order valence-corrected chi connectivity index (χ4v) is 2.26. The molecule has 0 saturated heterocycles. The Morgan fingerprint density at radius 1 is 1.00 bits per heavy atom. The summed E-state index contributed by atoms with van der Waals surface area (Å²) in [5, 5.41) is 11.8. The predicted molar refractivity (Wildman–Crippen MR) is 78.6 cm³/mol. The Bertz CT molecular complexity index is 455. The lowest BCUT2D eigenvalue weighted by atomic mass is 10.1. The van der Waals surface area contributed by atoms with Crippen molar-refractivity contribution < 1.29 is 0 Å². The van der Waals surface area contributed by atoms with Gasteiger partial charge in [-0.3, -0.25) is 0 Å². The number of hydrogen-bond acceptors (Lipinski definition) is 3. The van der Waals surface area contributed by atoms with Crippen LogP contribution in [0.25, 0.3) is 5.69 Å². The topological polar surface area (TPSA) is 42.7 Å². The van der Waals surface area contributed by atoms with Gasteiger partial charge in [0.1, 0.15) is 0 Å². The summed E-state index contributed by atoms with van der Waals surface area (Å²) in [7, 11) is 0. The van der Waals surface area contributed by atoms with E-state index in [1.165, 1.54) is 31.4 Å². The van der Waals surface area contributed by atoms with Crippen molar-refractivity contribution in [2.45, 2.75) is 45.6 Å². The summed E-state index contributed by atoms with van der Waals surface area (Å²) >= 11 is 0. The van der Waals surface area contributed by atoms with Crippen LogP contribution in [-0.4, -0.2) is 21.0 Å². The normalized spacial score (nSPS) is 10.9. The number of benzene rings is 1. The first-order valence-corrected chi connectivity index (χ1v) is 7.06. The molecule has 4 heteroatoms. The lowest BCUT2D eigenvalue weighted by molar-refractivity contribution is 0.586. The highest BCUT2D eigenvalue weighted by Crippen LogP contribution is 2.16. The van der Waals surface area contributed by atoms with E-state index in [9.17, 15) is 0 Å². The lowest BCUT2D eigenvalue weighted by Gasteiger charge is -2.18. The molecule has 0 bridgehead atoms. The molecule has 2 rings (SSSR count). The second-order valence-corrected chi connectivity index (χ2v) is 4.78. The number of nitrogens with one attached hydrogen (secondary N) is 1. The van der Waals surface area contributed by atoms with Crippen molar-refractivity contribution >= 4 is 5.69 Å². The Balaban J connectivity index is 2.01. The summed E-state index contributed by atoms with van der Waals surface area (Å²) in [6, 6.07) is 8.84. The summed E-state index contributed by atoms with van der Waals surface area (Å²) in [6.45, 7) is 4.47. The van der Waals surface area contributed by atoms with E-state index in [0.717, 1.165) is 5.69 Å². The van der Waals surface area contributed by atoms with Crippen LogP contribution < -0.4 is 5.32 Å². The molecule has 1 heterocycles. The second-order valence-electron chi connectivity index (χ2n) is 4.78. The molecule has 0 aliphatic carbocycles.